The minimum absolute atomic E-state index is 0.125. The lowest BCUT2D eigenvalue weighted by molar-refractivity contribution is 0.851. The summed E-state index contributed by atoms with van der Waals surface area (Å²) in [6.07, 6.45) is 1.86. The van der Waals surface area contributed by atoms with Crippen molar-refractivity contribution in [1.29, 1.82) is 0 Å². The maximum absolute atomic E-state index is 6.28. The Bertz CT molecular complexity index is 535. The first-order chi connectivity index (χ1) is 9.08. The largest absolute Gasteiger partial charge is 0.368 e. The maximum atomic E-state index is 6.28. The molecule has 1 heterocycles. The number of hydrogen-bond donors (Lipinski definition) is 2. The summed E-state index contributed by atoms with van der Waals surface area (Å²) in [7, 11) is 0. The first-order valence-corrected chi connectivity index (χ1v) is 6.61. The number of rotatable bonds is 4. The van der Waals surface area contributed by atoms with E-state index in [-0.39, 0.29) is 6.04 Å². The summed E-state index contributed by atoms with van der Waals surface area (Å²) in [5.74, 6) is 0.930. The van der Waals surface area contributed by atoms with Crippen LogP contribution >= 0.6 is 0 Å². The highest BCUT2D eigenvalue weighted by Gasteiger charge is 2.11. The Morgan fingerprint density at radius 3 is 2.37 bits per heavy atom. The fraction of sp³-hybridized carbons (Fsp3) is 0.312. The van der Waals surface area contributed by atoms with Gasteiger partial charge < -0.3 is 11.1 Å². The van der Waals surface area contributed by atoms with Crippen LogP contribution in [0.3, 0.4) is 0 Å². The minimum Gasteiger partial charge on any atom is -0.368 e. The van der Waals surface area contributed by atoms with E-state index < -0.39 is 0 Å². The van der Waals surface area contributed by atoms with Crippen LogP contribution in [0, 0.1) is 6.92 Å². The van der Waals surface area contributed by atoms with Crippen LogP contribution in [0.4, 0.5) is 5.82 Å². The van der Waals surface area contributed by atoms with E-state index >= 15 is 0 Å². The predicted molar refractivity (Wildman–Crippen MR) is 80.2 cm³/mol. The Labute approximate surface area is 114 Å². The highest BCUT2D eigenvalue weighted by molar-refractivity contribution is 5.46. The standard InChI is InChI=1S/C16H21N3/c1-11(2)19-16-12(3)9-14(10-18-16)15(17)13-7-5-4-6-8-13/h4-11,15H,17H2,1-3H3,(H,18,19)/t15-/m0/s1. The maximum Gasteiger partial charge on any atom is 0.129 e. The van der Waals surface area contributed by atoms with Crippen molar-refractivity contribution in [3.8, 4) is 0 Å². The topological polar surface area (TPSA) is 50.9 Å². The van der Waals surface area contributed by atoms with E-state index in [1.54, 1.807) is 0 Å². The first-order valence-electron chi connectivity index (χ1n) is 6.61. The number of benzene rings is 1. The Hall–Kier alpha value is -1.87. The lowest BCUT2D eigenvalue weighted by atomic mass is 10.00. The molecule has 0 spiro atoms. The number of hydrogen-bond acceptors (Lipinski definition) is 3. The monoisotopic (exact) mass is 255 g/mol. The van der Waals surface area contributed by atoms with Gasteiger partial charge in [0.2, 0.25) is 0 Å². The van der Waals surface area contributed by atoms with Crippen LogP contribution in [0.15, 0.2) is 42.6 Å². The summed E-state index contributed by atoms with van der Waals surface area (Å²) in [5.41, 5.74) is 9.54. The number of pyridine rings is 1. The van der Waals surface area contributed by atoms with Crippen LogP contribution in [0.25, 0.3) is 0 Å². The van der Waals surface area contributed by atoms with Crippen LogP contribution in [-0.4, -0.2) is 11.0 Å². The molecular formula is C16H21N3. The van der Waals surface area contributed by atoms with Crippen LogP contribution in [0.5, 0.6) is 0 Å². The molecule has 0 aliphatic rings. The lowest BCUT2D eigenvalue weighted by Crippen LogP contribution is -2.15. The third-order valence-electron chi connectivity index (χ3n) is 3.04. The second-order valence-corrected chi connectivity index (χ2v) is 5.12. The summed E-state index contributed by atoms with van der Waals surface area (Å²) in [6, 6.07) is 12.4. The molecule has 0 aliphatic carbocycles. The summed E-state index contributed by atoms with van der Waals surface area (Å²) in [5, 5.41) is 3.33. The Morgan fingerprint density at radius 1 is 1.11 bits per heavy atom. The van der Waals surface area contributed by atoms with Gasteiger partial charge in [0.15, 0.2) is 0 Å². The summed E-state index contributed by atoms with van der Waals surface area (Å²) in [6.45, 7) is 6.26. The molecule has 0 fully saturated rings. The van der Waals surface area contributed by atoms with Gasteiger partial charge in [-0.25, -0.2) is 4.98 Å². The second-order valence-electron chi connectivity index (χ2n) is 5.12. The normalized spacial score (nSPS) is 12.5. The zero-order chi connectivity index (χ0) is 13.8. The molecule has 2 rings (SSSR count). The molecule has 3 nitrogen and oxygen atoms in total. The molecule has 0 radical (unpaired) electrons. The smallest absolute Gasteiger partial charge is 0.129 e. The Balaban J connectivity index is 2.25. The summed E-state index contributed by atoms with van der Waals surface area (Å²) < 4.78 is 0. The van der Waals surface area contributed by atoms with Crippen LogP contribution in [0.1, 0.15) is 36.6 Å². The van der Waals surface area contributed by atoms with Gasteiger partial charge in [0.1, 0.15) is 5.82 Å². The van der Waals surface area contributed by atoms with E-state index in [9.17, 15) is 0 Å². The molecular weight excluding hydrogens is 234 g/mol. The number of aryl methyl sites for hydroxylation is 1. The van der Waals surface area contributed by atoms with Gasteiger partial charge in [0, 0.05) is 12.2 Å². The summed E-state index contributed by atoms with van der Waals surface area (Å²) >= 11 is 0. The molecule has 0 saturated carbocycles. The Kier molecular flexibility index (Phi) is 4.17. The van der Waals surface area contributed by atoms with Crippen molar-refractivity contribution in [3.05, 3.63) is 59.3 Å². The third kappa shape index (κ3) is 3.32. The predicted octanol–water partition coefficient (Wildman–Crippen LogP) is 3.26. The fourth-order valence-electron chi connectivity index (χ4n) is 2.04. The fourth-order valence-corrected chi connectivity index (χ4v) is 2.04. The number of anilines is 1. The molecule has 0 bridgehead atoms. The van der Waals surface area contributed by atoms with E-state index in [1.165, 1.54) is 0 Å². The van der Waals surface area contributed by atoms with Gasteiger partial charge in [-0.05, 0) is 43.5 Å². The number of nitrogens with zero attached hydrogens (tertiary/aromatic N) is 1. The van der Waals surface area contributed by atoms with Crippen molar-refractivity contribution in [1.82, 2.24) is 4.98 Å². The molecule has 0 unspecified atom stereocenters. The third-order valence-corrected chi connectivity index (χ3v) is 3.04. The van der Waals surface area contributed by atoms with Crippen molar-refractivity contribution < 1.29 is 0 Å². The van der Waals surface area contributed by atoms with Gasteiger partial charge in [0.25, 0.3) is 0 Å². The first kappa shape index (κ1) is 13.6. The van der Waals surface area contributed by atoms with Gasteiger partial charge in [-0.2, -0.15) is 0 Å². The highest BCUT2D eigenvalue weighted by atomic mass is 15.0. The van der Waals surface area contributed by atoms with E-state index in [1.807, 2.05) is 36.5 Å². The van der Waals surface area contributed by atoms with Crippen molar-refractivity contribution in [2.75, 3.05) is 5.32 Å². The highest BCUT2D eigenvalue weighted by Crippen LogP contribution is 2.22. The van der Waals surface area contributed by atoms with Gasteiger partial charge in [0.05, 0.1) is 6.04 Å². The molecule has 1 aromatic heterocycles. The van der Waals surface area contributed by atoms with Crippen molar-refractivity contribution in [2.45, 2.75) is 32.9 Å². The van der Waals surface area contributed by atoms with Gasteiger partial charge in [-0.15, -0.1) is 0 Å². The van der Waals surface area contributed by atoms with Gasteiger partial charge >= 0.3 is 0 Å². The Morgan fingerprint density at radius 2 is 1.79 bits per heavy atom. The van der Waals surface area contributed by atoms with Gasteiger partial charge in [-0.3, -0.25) is 0 Å². The van der Waals surface area contributed by atoms with Crippen molar-refractivity contribution >= 4 is 5.82 Å². The SMILES string of the molecule is Cc1cc([C@@H](N)c2ccccc2)cnc1NC(C)C. The van der Waals surface area contributed by atoms with E-state index in [0.717, 1.165) is 22.5 Å². The van der Waals surface area contributed by atoms with Crippen LogP contribution < -0.4 is 11.1 Å². The quantitative estimate of drug-likeness (QED) is 0.881. The second kappa shape index (κ2) is 5.85. The lowest BCUT2D eigenvalue weighted by Gasteiger charge is -2.16. The van der Waals surface area contributed by atoms with E-state index in [2.05, 4.69) is 37.1 Å². The number of nitrogens with one attached hydrogen (secondary N) is 1. The van der Waals surface area contributed by atoms with Crippen LogP contribution in [0.2, 0.25) is 0 Å². The zero-order valence-electron chi connectivity index (χ0n) is 11.7. The van der Waals surface area contributed by atoms with Crippen molar-refractivity contribution in [2.24, 2.45) is 5.73 Å². The number of nitrogens with two attached hydrogens (primary N) is 1. The molecule has 100 valence electrons. The molecule has 1 aromatic carbocycles. The summed E-state index contributed by atoms with van der Waals surface area (Å²) in [4.78, 5) is 4.47. The molecule has 0 aliphatic heterocycles. The van der Waals surface area contributed by atoms with Crippen molar-refractivity contribution in [3.63, 3.8) is 0 Å². The molecule has 3 heteroatoms. The average Bonchev–Trinajstić information content (AvgIpc) is 2.41. The van der Waals surface area contributed by atoms with E-state index in [4.69, 9.17) is 5.73 Å². The molecule has 3 N–H and O–H groups in total. The molecule has 1 atom stereocenters. The minimum atomic E-state index is -0.125. The average molecular weight is 255 g/mol. The van der Waals surface area contributed by atoms with E-state index in [0.29, 0.717) is 6.04 Å². The molecule has 0 amide bonds. The molecule has 2 aromatic rings. The molecule has 19 heavy (non-hydrogen) atoms. The van der Waals surface area contributed by atoms with Crippen LogP contribution in [-0.2, 0) is 0 Å². The van der Waals surface area contributed by atoms with Gasteiger partial charge in [-0.1, -0.05) is 30.3 Å². The number of aromatic nitrogens is 1. The zero-order valence-corrected chi connectivity index (χ0v) is 11.7. The molecule has 0 saturated heterocycles.